The van der Waals surface area contributed by atoms with Gasteiger partial charge in [-0.05, 0) is 19.1 Å². The van der Waals surface area contributed by atoms with Gasteiger partial charge in [-0.3, -0.25) is 4.18 Å². The van der Waals surface area contributed by atoms with Crippen molar-refractivity contribution in [1.82, 2.24) is 0 Å². The van der Waals surface area contributed by atoms with E-state index in [0.29, 0.717) is 0 Å². The van der Waals surface area contributed by atoms with Gasteiger partial charge in [0.05, 0.1) is 12.0 Å². The van der Waals surface area contributed by atoms with Crippen LogP contribution in [-0.4, -0.2) is 32.9 Å². The molecule has 0 spiro atoms. The average Bonchev–Trinajstić information content (AvgIpc) is 2.05. The second-order valence-corrected chi connectivity index (χ2v) is 4.15. The first-order valence-electron chi connectivity index (χ1n) is 3.43. The van der Waals surface area contributed by atoms with E-state index < -0.39 is 10.1 Å². The van der Waals surface area contributed by atoms with Crippen molar-refractivity contribution in [1.29, 1.82) is 0 Å². The van der Waals surface area contributed by atoms with Crippen molar-refractivity contribution >= 4 is 27.5 Å². The summed E-state index contributed by atoms with van der Waals surface area (Å²) in [5, 5.41) is 0. The Balaban J connectivity index is 0.00000144. The predicted octanol–water partition coefficient (Wildman–Crippen LogP) is 0.146. The fraction of sp³-hybridized carbons (Fsp3) is 0.250. The van der Waals surface area contributed by atoms with Crippen LogP contribution in [0.3, 0.4) is 0 Å². The van der Waals surface area contributed by atoms with Crippen molar-refractivity contribution < 1.29 is 12.6 Å². The zero-order valence-corrected chi connectivity index (χ0v) is 7.76. The molecule has 3 nitrogen and oxygen atoms in total. The van der Waals surface area contributed by atoms with Gasteiger partial charge in [0.15, 0.2) is 17.4 Å². The van der Waals surface area contributed by atoms with E-state index in [0.717, 1.165) is 12.7 Å². The van der Waals surface area contributed by atoms with Crippen molar-refractivity contribution in [2.45, 2.75) is 11.8 Å². The zero-order valence-electron chi connectivity index (χ0n) is 6.94. The third-order valence-corrected chi connectivity index (χ3v) is 2.82. The average molecular weight is 216 g/mol. The molecular weight excluding hydrogens is 203 g/mol. The maximum atomic E-state index is 11.1. The van der Waals surface area contributed by atoms with Crippen LogP contribution in [0.15, 0.2) is 29.2 Å². The van der Waals surface area contributed by atoms with Crippen LogP contribution in [0.1, 0.15) is 5.56 Å². The molecule has 72 valence electrons. The second kappa shape index (κ2) is 4.78. The van der Waals surface area contributed by atoms with Gasteiger partial charge in [-0.25, -0.2) is 0 Å². The molecule has 0 bridgehead atoms. The summed E-state index contributed by atoms with van der Waals surface area (Å²) in [6.07, 6.45) is 0. The number of aryl methyl sites for hydroxylation is 1. The molecule has 5 heteroatoms. The quantitative estimate of drug-likeness (QED) is 0.522. The first-order chi connectivity index (χ1) is 5.56. The van der Waals surface area contributed by atoms with Crippen LogP contribution in [0.5, 0.6) is 0 Å². The lowest BCUT2D eigenvalue weighted by Crippen LogP contribution is -2.02. The minimum atomic E-state index is -3.51. The molecule has 0 aliphatic heterocycles. The largest absolute Gasteiger partial charge is 0.296 e. The van der Waals surface area contributed by atoms with Crippen molar-refractivity contribution in [3.05, 3.63) is 29.8 Å². The summed E-state index contributed by atoms with van der Waals surface area (Å²) in [5.41, 5.74) is 1.02. The Morgan fingerprint density at radius 1 is 1.15 bits per heavy atom. The van der Waals surface area contributed by atoms with E-state index in [1.807, 2.05) is 6.92 Å². The molecule has 0 fully saturated rings. The van der Waals surface area contributed by atoms with Crippen LogP contribution in [0, 0.1) is 6.92 Å². The maximum absolute atomic E-state index is 11.1. The molecule has 0 aliphatic carbocycles. The standard InChI is InChI=1S/C8H10O3S.Al.3H/c1-7-3-5-8(6-4-7)12(9,10)11-2;;;;/h3-6H,1-2H3;;;;. The molecule has 0 N–H and O–H groups in total. The Bertz CT molecular complexity index is 355. The van der Waals surface area contributed by atoms with E-state index in [-0.39, 0.29) is 22.3 Å². The topological polar surface area (TPSA) is 43.4 Å². The van der Waals surface area contributed by atoms with Crippen molar-refractivity contribution in [2.24, 2.45) is 0 Å². The minimum absolute atomic E-state index is 0. The molecule has 1 rings (SSSR count). The van der Waals surface area contributed by atoms with E-state index >= 15 is 0 Å². The summed E-state index contributed by atoms with van der Waals surface area (Å²) in [6, 6.07) is 6.50. The summed E-state index contributed by atoms with van der Waals surface area (Å²) in [6.45, 7) is 1.89. The number of hydrogen-bond donors (Lipinski definition) is 0. The molecule has 0 atom stereocenters. The zero-order chi connectivity index (χ0) is 9.19. The molecule has 0 aromatic heterocycles. The minimum Gasteiger partial charge on any atom is -0.270 e. The summed E-state index contributed by atoms with van der Waals surface area (Å²) < 4.78 is 26.5. The number of rotatable bonds is 2. The van der Waals surface area contributed by atoms with Gasteiger partial charge < -0.3 is 0 Å². The predicted molar refractivity (Wildman–Crippen MR) is 55.3 cm³/mol. The number of hydrogen-bond acceptors (Lipinski definition) is 3. The lowest BCUT2D eigenvalue weighted by molar-refractivity contribution is 0.398. The second-order valence-electron chi connectivity index (χ2n) is 2.43. The fourth-order valence-corrected chi connectivity index (χ4v) is 1.46. The van der Waals surface area contributed by atoms with Crippen LogP contribution in [0.2, 0.25) is 0 Å². The highest BCUT2D eigenvalue weighted by molar-refractivity contribution is 7.86. The van der Waals surface area contributed by atoms with Crippen LogP contribution in [-0.2, 0) is 14.3 Å². The highest BCUT2D eigenvalue weighted by atomic mass is 32.2. The summed E-state index contributed by atoms with van der Waals surface area (Å²) in [5.74, 6) is 0. The van der Waals surface area contributed by atoms with Crippen LogP contribution >= 0.6 is 0 Å². The van der Waals surface area contributed by atoms with Crippen molar-refractivity contribution in [3.8, 4) is 0 Å². The van der Waals surface area contributed by atoms with Gasteiger partial charge in [0, 0.05) is 0 Å². The van der Waals surface area contributed by atoms with Crippen LogP contribution < -0.4 is 0 Å². The molecule has 0 radical (unpaired) electrons. The Hall–Kier alpha value is -0.338. The van der Waals surface area contributed by atoms with E-state index in [2.05, 4.69) is 4.18 Å². The maximum Gasteiger partial charge on any atom is 0.296 e. The third kappa shape index (κ3) is 3.13. The summed E-state index contributed by atoms with van der Waals surface area (Å²) in [4.78, 5) is 0.190. The van der Waals surface area contributed by atoms with Gasteiger partial charge in [0.2, 0.25) is 0 Å². The summed E-state index contributed by atoms with van der Waals surface area (Å²) in [7, 11) is -2.37. The Morgan fingerprint density at radius 3 is 2.00 bits per heavy atom. The van der Waals surface area contributed by atoms with Crippen LogP contribution in [0.25, 0.3) is 0 Å². The molecule has 0 unspecified atom stereocenters. The lowest BCUT2D eigenvalue weighted by atomic mass is 10.2. The summed E-state index contributed by atoms with van der Waals surface area (Å²) >= 11 is 0. The van der Waals surface area contributed by atoms with Gasteiger partial charge in [-0.15, -0.1) is 0 Å². The first-order valence-corrected chi connectivity index (χ1v) is 4.84. The molecule has 0 heterocycles. The van der Waals surface area contributed by atoms with E-state index in [1.165, 1.54) is 12.1 Å². The van der Waals surface area contributed by atoms with E-state index in [1.54, 1.807) is 12.1 Å². The molecule has 1 aromatic rings. The third-order valence-electron chi connectivity index (χ3n) is 1.53. The smallest absolute Gasteiger partial charge is 0.270 e. The molecule has 0 saturated carbocycles. The highest BCUT2D eigenvalue weighted by Crippen LogP contribution is 2.11. The molecule has 13 heavy (non-hydrogen) atoms. The highest BCUT2D eigenvalue weighted by Gasteiger charge is 2.10. The monoisotopic (exact) mass is 216 g/mol. The van der Waals surface area contributed by atoms with Gasteiger partial charge in [0.25, 0.3) is 10.1 Å². The van der Waals surface area contributed by atoms with Gasteiger partial charge >= 0.3 is 0 Å². The van der Waals surface area contributed by atoms with Crippen molar-refractivity contribution in [2.75, 3.05) is 7.11 Å². The first kappa shape index (κ1) is 12.7. The fourth-order valence-electron chi connectivity index (χ4n) is 0.801. The van der Waals surface area contributed by atoms with Gasteiger partial charge in [-0.2, -0.15) is 8.42 Å². The van der Waals surface area contributed by atoms with Crippen LogP contribution in [0.4, 0.5) is 0 Å². The molecule has 0 amide bonds. The Labute approximate surface area is 89.0 Å². The van der Waals surface area contributed by atoms with Gasteiger partial charge in [-0.1, -0.05) is 17.7 Å². The number of benzene rings is 1. The molecular formula is C8H13AlO3S. The van der Waals surface area contributed by atoms with Crippen molar-refractivity contribution in [3.63, 3.8) is 0 Å². The normalized spacial score (nSPS) is 10.6. The van der Waals surface area contributed by atoms with E-state index in [9.17, 15) is 8.42 Å². The Kier molecular flexibility index (Phi) is 4.65. The molecule has 0 aliphatic rings. The SMILES string of the molecule is COS(=O)(=O)c1ccc(C)cc1.[AlH3]. The Morgan fingerprint density at radius 2 is 1.62 bits per heavy atom. The lowest BCUT2D eigenvalue weighted by Gasteiger charge is -2.00. The van der Waals surface area contributed by atoms with Gasteiger partial charge in [0.1, 0.15) is 0 Å². The van der Waals surface area contributed by atoms with E-state index in [4.69, 9.17) is 0 Å². The molecule has 0 saturated heterocycles. The molecule has 1 aromatic carbocycles.